The van der Waals surface area contributed by atoms with E-state index in [9.17, 15) is 9.00 Å². The summed E-state index contributed by atoms with van der Waals surface area (Å²) in [4.78, 5) is 18.9. The van der Waals surface area contributed by atoms with Gasteiger partial charge in [-0.1, -0.05) is 0 Å². The molecule has 6 nitrogen and oxygen atoms in total. The number of aromatic nitrogens is 2. The molecule has 98 valence electrons. The molecule has 2 heterocycles. The van der Waals surface area contributed by atoms with Crippen molar-refractivity contribution in [1.82, 2.24) is 9.97 Å². The molecule has 1 saturated heterocycles. The van der Waals surface area contributed by atoms with Gasteiger partial charge in [-0.15, -0.1) is 0 Å². The first-order valence-electron chi connectivity index (χ1n) is 5.74. The Kier molecular flexibility index (Phi) is 3.90. The Morgan fingerprint density at radius 1 is 1.50 bits per heavy atom. The van der Waals surface area contributed by atoms with Crippen molar-refractivity contribution in [3.63, 3.8) is 0 Å². The molecule has 0 amide bonds. The third-order valence-corrected chi connectivity index (χ3v) is 4.31. The molecule has 0 atom stereocenters. The van der Waals surface area contributed by atoms with Crippen LogP contribution in [0.4, 0.5) is 5.95 Å². The molecular formula is C11H15N3O3S. The minimum Gasteiger partial charge on any atom is -0.478 e. The topological polar surface area (TPSA) is 92.2 Å². The third kappa shape index (κ3) is 3.04. The predicted octanol–water partition coefficient (Wildman–Crippen LogP) is 0.806. The maximum Gasteiger partial charge on any atom is 0.339 e. The Morgan fingerprint density at radius 2 is 2.17 bits per heavy atom. The molecule has 1 aromatic rings. The van der Waals surface area contributed by atoms with Gasteiger partial charge in [0.25, 0.3) is 0 Å². The summed E-state index contributed by atoms with van der Waals surface area (Å²) in [5.74, 6) is 0.815. The fourth-order valence-corrected chi connectivity index (χ4v) is 3.17. The minimum atomic E-state index is -1.02. The molecule has 1 fully saturated rings. The summed E-state index contributed by atoms with van der Waals surface area (Å²) in [5, 5.41) is 12.0. The number of nitrogens with one attached hydrogen (secondary N) is 1. The molecule has 0 saturated carbocycles. The number of aryl methyl sites for hydroxylation is 1. The minimum absolute atomic E-state index is 0.116. The zero-order chi connectivity index (χ0) is 13.1. The fourth-order valence-electron chi connectivity index (χ4n) is 1.87. The average Bonchev–Trinajstić information content (AvgIpc) is 2.32. The van der Waals surface area contributed by atoms with Crippen molar-refractivity contribution in [3.05, 3.63) is 17.5 Å². The van der Waals surface area contributed by atoms with Crippen LogP contribution in [0, 0.1) is 6.92 Å². The van der Waals surface area contributed by atoms with Gasteiger partial charge in [0.2, 0.25) is 5.95 Å². The fraction of sp³-hybridized carbons (Fsp3) is 0.545. The number of carbonyl (C=O) groups is 1. The lowest BCUT2D eigenvalue weighted by Gasteiger charge is -2.22. The summed E-state index contributed by atoms with van der Waals surface area (Å²) in [7, 11) is -0.692. The number of anilines is 1. The van der Waals surface area contributed by atoms with E-state index < -0.39 is 16.8 Å². The highest BCUT2D eigenvalue weighted by Crippen LogP contribution is 2.14. The molecule has 2 N–H and O–H groups in total. The normalized spacial score (nSPS) is 23.6. The average molecular weight is 269 g/mol. The number of hydrogen-bond acceptors (Lipinski definition) is 5. The molecule has 0 radical (unpaired) electrons. The van der Waals surface area contributed by atoms with Crippen molar-refractivity contribution in [3.8, 4) is 0 Å². The Bertz CT molecular complexity index is 482. The molecule has 0 aromatic carbocycles. The van der Waals surface area contributed by atoms with Gasteiger partial charge < -0.3 is 10.4 Å². The van der Waals surface area contributed by atoms with Crippen molar-refractivity contribution < 1.29 is 14.1 Å². The van der Waals surface area contributed by atoms with E-state index in [1.165, 1.54) is 6.20 Å². The summed E-state index contributed by atoms with van der Waals surface area (Å²) in [6, 6.07) is 0.220. The Morgan fingerprint density at radius 3 is 2.72 bits per heavy atom. The zero-order valence-electron chi connectivity index (χ0n) is 10.0. The van der Waals surface area contributed by atoms with E-state index in [0.29, 0.717) is 23.1 Å². The van der Waals surface area contributed by atoms with Crippen LogP contribution in [-0.2, 0) is 10.8 Å². The Balaban J connectivity index is 2.04. The maximum atomic E-state index is 11.2. The van der Waals surface area contributed by atoms with E-state index in [2.05, 4.69) is 15.3 Å². The third-order valence-electron chi connectivity index (χ3n) is 2.93. The van der Waals surface area contributed by atoms with Crippen LogP contribution in [0.5, 0.6) is 0 Å². The van der Waals surface area contributed by atoms with Crippen LogP contribution in [0.1, 0.15) is 28.9 Å². The van der Waals surface area contributed by atoms with Crippen LogP contribution in [0.25, 0.3) is 0 Å². The molecule has 0 aliphatic carbocycles. The monoisotopic (exact) mass is 269 g/mol. The maximum absolute atomic E-state index is 11.2. The summed E-state index contributed by atoms with van der Waals surface area (Å²) in [6.45, 7) is 1.65. The van der Waals surface area contributed by atoms with Gasteiger partial charge >= 0.3 is 5.97 Å². The molecule has 0 spiro atoms. The van der Waals surface area contributed by atoms with Crippen molar-refractivity contribution >= 4 is 22.7 Å². The summed E-state index contributed by atoms with van der Waals surface area (Å²) < 4.78 is 11.2. The molecule has 1 aliphatic heterocycles. The number of nitrogens with zero attached hydrogens (tertiary/aromatic N) is 2. The first kappa shape index (κ1) is 12.9. The van der Waals surface area contributed by atoms with E-state index in [4.69, 9.17) is 5.11 Å². The van der Waals surface area contributed by atoms with Crippen molar-refractivity contribution in [1.29, 1.82) is 0 Å². The lowest BCUT2D eigenvalue weighted by molar-refractivity contribution is 0.0695. The highest BCUT2D eigenvalue weighted by atomic mass is 32.2. The van der Waals surface area contributed by atoms with Crippen molar-refractivity contribution in [2.75, 3.05) is 16.8 Å². The van der Waals surface area contributed by atoms with Crippen LogP contribution < -0.4 is 5.32 Å². The van der Waals surface area contributed by atoms with Gasteiger partial charge in [-0.25, -0.2) is 14.8 Å². The van der Waals surface area contributed by atoms with Gasteiger partial charge in [0, 0.05) is 34.5 Å². The molecule has 0 bridgehead atoms. The summed E-state index contributed by atoms with van der Waals surface area (Å²) in [5.41, 5.74) is 0.560. The van der Waals surface area contributed by atoms with Crippen LogP contribution in [0.2, 0.25) is 0 Å². The van der Waals surface area contributed by atoms with E-state index in [1.54, 1.807) is 6.92 Å². The van der Waals surface area contributed by atoms with Gasteiger partial charge in [0.15, 0.2) is 0 Å². The molecule has 7 heteroatoms. The highest BCUT2D eigenvalue weighted by molar-refractivity contribution is 7.85. The van der Waals surface area contributed by atoms with Crippen LogP contribution in [-0.4, -0.2) is 42.8 Å². The van der Waals surface area contributed by atoms with E-state index >= 15 is 0 Å². The second kappa shape index (κ2) is 5.43. The Hall–Kier alpha value is -1.50. The Labute approximate surface area is 107 Å². The number of rotatable bonds is 3. The van der Waals surface area contributed by atoms with Gasteiger partial charge in [-0.2, -0.15) is 0 Å². The van der Waals surface area contributed by atoms with E-state index in [1.807, 2.05) is 0 Å². The van der Waals surface area contributed by atoms with Crippen molar-refractivity contribution in [2.45, 2.75) is 25.8 Å². The number of carboxylic acids is 1. The zero-order valence-corrected chi connectivity index (χ0v) is 10.9. The molecule has 0 unspecified atom stereocenters. The van der Waals surface area contributed by atoms with Crippen molar-refractivity contribution in [2.24, 2.45) is 0 Å². The molecular weight excluding hydrogens is 254 g/mol. The number of hydrogen-bond donors (Lipinski definition) is 2. The summed E-state index contributed by atoms with van der Waals surface area (Å²) >= 11 is 0. The molecule has 1 aromatic heterocycles. The standard InChI is InChI=1S/C11H15N3O3S/c1-7-9(10(15)16)6-12-11(13-7)14-8-2-4-18(17)5-3-8/h6,8H,2-5H2,1H3,(H,15,16)(H,12,13,14). The lowest BCUT2D eigenvalue weighted by atomic mass is 10.1. The molecule has 1 aliphatic rings. The SMILES string of the molecule is Cc1nc(NC2CCS(=O)CC2)ncc1C(=O)O. The van der Waals surface area contributed by atoms with Crippen LogP contribution in [0.15, 0.2) is 6.20 Å². The predicted molar refractivity (Wildman–Crippen MR) is 68.2 cm³/mol. The first-order valence-corrected chi connectivity index (χ1v) is 7.23. The van der Waals surface area contributed by atoms with E-state index in [0.717, 1.165) is 12.8 Å². The second-order valence-electron chi connectivity index (χ2n) is 4.26. The van der Waals surface area contributed by atoms with E-state index in [-0.39, 0.29) is 11.6 Å². The molecule has 2 rings (SSSR count). The second-order valence-corrected chi connectivity index (χ2v) is 5.96. The van der Waals surface area contributed by atoms with Gasteiger partial charge in [-0.05, 0) is 19.8 Å². The molecule has 18 heavy (non-hydrogen) atoms. The van der Waals surface area contributed by atoms with Gasteiger partial charge in [0.1, 0.15) is 0 Å². The van der Waals surface area contributed by atoms with Crippen LogP contribution >= 0.6 is 0 Å². The highest BCUT2D eigenvalue weighted by Gasteiger charge is 2.19. The number of aromatic carboxylic acids is 1. The number of carboxylic acid groups (broad SMARTS) is 1. The lowest BCUT2D eigenvalue weighted by Crippen LogP contribution is -2.30. The first-order chi connectivity index (χ1) is 8.56. The smallest absolute Gasteiger partial charge is 0.339 e. The quantitative estimate of drug-likeness (QED) is 0.843. The summed E-state index contributed by atoms with van der Waals surface area (Å²) in [6.07, 6.45) is 2.97. The largest absolute Gasteiger partial charge is 0.478 e. The van der Waals surface area contributed by atoms with Gasteiger partial charge in [-0.3, -0.25) is 4.21 Å². The van der Waals surface area contributed by atoms with Gasteiger partial charge in [0.05, 0.1) is 11.3 Å². The van der Waals surface area contributed by atoms with Crippen LogP contribution in [0.3, 0.4) is 0 Å².